The van der Waals surface area contributed by atoms with Crippen LogP contribution in [0.25, 0.3) is 100.0 Å². The molecule has 0 spiro atoms. The maximum Gasteiger partial charge on any atom is 0.0617 e. The summed E-state index contributed by atoms with van der Waals surface area (Å²) in [5, 5.41) is 8.62. The number of benzene rings is 8. The Hall–Kier alpha value is -6.64. The van der Waals surface area contributed by atoms with Crippen LogP contribution in [0.2, 0.25) is 0 Å². The van der Waals surface area contributed by atoms with Gasteiger partial charge in [-0.15, -0.1) is 0 Å². The standard InChI is InChI=1S/C49H32N2/c1-2-8-31(9-3-1)34-10-6-11-37(28-34)51-47-25-21-35(29-46(47)45-22-20-36-30-50-27-26-39(36)49(45)51)32-16-18-33(19-17-32)38-23-24-44-41-13-5-4-12-40(41)43-15-7-14-42(38)48(43)44/h1-29,50H,30H2. The molecule has 1 aromatic heterocycles. The van der Waals surface area contributed by atoms with Crippen LogP contribution in [-0.2, 0) is 6.54 Å². The van der Waals surface area contributed by atoms with E-state index in [4.69, 9.17) is 0 Å². The lowest BCUT2D eigenvalue weighted by molar-refractivity contribution is 0.860. The molecule has 2 heterocycles. The highest BCUT2D eigenvalue weighted by molar-refractivity contribution is 6.19. The predicted molar refractivity (Wildman–Crippen MR) is 215 cm³/mol. The van der Waals surface area contributed by atoms with Gasteiger partial charge in [-0.3, -0.25) is 0 Å². The van der Waals surface area contributed by atoms with Gasteiger partial charge in [-0.25, -0.2) is 0 Å². The molecule has 0 saturated carbocycles. The van der Waals surface area contributed by atoms with Crippen LogP contribution in [0.5, 0.6) is 0 Å². The van der Waals surface area contributed by atoms with Crippen molar-refractivity contribution in [1.82, 2.24) is 9.88 Å². The lowest BCUT2D eigenvalue weighted by Crippen LogP contribution is -2.11. The summed E-state index contributed by atoms with van der Waals surface area (Å²) >= 11 is 0. The summed E-state index contributed by atoms with van der Waals surface area (Å²) in [6, 6.07) is 60.5. The predicted octanol–water partition coefficient (Wildman–Crippen LogP) is 12.7. The second-order valence-electron chi connectivity index (χ2n) is 13.7. The average Bonchev–Trinajstić information content (AvgIpc) is 3.72. The minimum Gasteiger partial charge on any atom is -0.387 e. The molecule has 51 heavy (non-hydrogen) atoms. The summed E-state index contributed by atoms with van der Waals surface area (Å²) in [6.45, 7) is 0.831. The molecule has 0 atom stereocenters. The lowest BCUT2D eigenvalue weighted by atomic mass is 9.93. The van der Waals surface area contributed by atoms with Gasteiger partial charge in [-0.1, -0.05) is 140 Å². The Balaban J connectivity index is 1.04. The van der Waals surface area contributed by atoms with Crippen LogP contribution in [0, 0.1) is 0 Å². The van der Waals surface area contributed by atoms with Gasteiger partial charge >= 0.3 is 0 Å². The second-order valence-corrected chi connectivity index (χ2v) is 13.7. The Kier molecular flexibility index (Phi) is 6.05. The monoisotopic (exact) mass is 648 g/mol. The number of fused-ring (bicyclic) bond motifs is 8. The van der Waals surface area contributed by atoms with Crippen molar-refractivity contribution in [2.75, 3.05) is 0 Å². The maximum absolute atomic E-state index is 3.41. The highest BCUT2D eigenvalue weighted by atomic mass is 15.0. The van der Waals surface area contributed by atoms with Crippen molar-refractivity contribution >= 4 is 38.7 Å². The Labute approximate surface area is 296 Å². The largest absolute Gasteiger partial charge is 0.387 e. The third kappa shape index (κ3) is 4.23. The van der Waals surface area contributed by atoms with Crippen LogP contribution in [0.3, 0.4) is 0 Å². The summed E-state index contributed by atoms with van der Waals surface area (Å²) in [5.74, 6) is 0. The van der Waals surface area contributed by atoms with Crippen LogP contribution < -0.4 is 5.32 Å². The fraction of sp³-hybridized carbons (Fsp3) is 0.0204. The molecule has 1 aliphatic heterocycles. The van der Waals surface area contributed by atoms with Crippen molar-refractivity contribution in [2.24, 2.45) is 0 Å². The maximum atomic E-state index is 3.41. The van der Waals surface area contributed by atoms with E-state index in [2.05, 4.69) is 186 Å². The van der Waals surface area contributed by atoms with Crippen molar-refractivity contribution < 1.29 is 0 Å². The van der Waals surface area contributed by atoms with E-state index in [1.165, 1.54) is 105 Å². The summed E-state index contributed by atoms with van der Waals surface area (Å²) < 4.78 is 2.46. The van der Waals surface area contributed by atoms with E-state index in [0.717, 1.165) is 6.54 Å². The van der Waals surface area contributed by atoms with Gasteiger partial charge in [0.1, 0.15) is 0 Å². The van der Waals surface area contributed by atoms with E-state index < -0.39 is 0 Å². The zero-order valence-corrected chi connectivity index (χ0v) is 27.9. The van der Waals surface area contributed by atoms with Crippen molar-refractivity contribution in [2.45, 2.75) is 6.54 Å². The molecular weight excluding hydrogens is 617 g/mol. The molecule has 1 aliphatic carbocycles. The van der Waals surface area contributed by atoms with Gasteiger partial charge in [0.25, 0.3) is 0 Å². The Morgan fingerprint density at radius 3 is 1.96 bits per heavy atom. The van der Waals surface area contributed by atoms with Gasteiger partial charge in [-0.2, -0.15) is 0 Å². The number of rotatable bonds is 4. The normalized spacial score (nSPS) is 12.7. The molecule has 2 heteroatoms. The smallest absolute Gasteiger partial charge is 0.0617 e. The molecule has 238 valence electrons. The Bertz CT molecular complexity index is 2860. The first-order chi connectivity index (χ1) is 25.3. The molecule has 2 aliphatic rings. The molecule has 0 fully saturated rings. The van der Waals surface area contributed by atoms with Crippen LogP contribution in [-0.4, -0.2) is 4.57 Å². The van der Waals surface area contributed by atoms with Crippen molar-refractivity contribution in [1.29, 1.82) is 0 Å². The zero-order chi connectivity index (χ0) is 33.5. The summed E-state index contributed by atoms with van der Waals surface area (Å²) in [4.78, 5) is 0. The summed E-state index contributed by atoms with van der Waals surface area (Å²) in [6.07, 6.45) is 4.31. The summed E-state index contributed by atoms with van der Waals surface area (Å²) in [5.41, 5.74) is 19.0. The number of hydrogen-bond acceptors (Lipinski definition) is 1. The first kappa shape index (κ1) is 28.2. The highest BCUT2D eigenvalue weighted by Gasteiger charge is 2.23. The molecule has 9 aromatic rings. The van der Waals surface area contributed by atoms with Gasteiger partial charge in [0.05, 0.1) is 11.0 Å². The van der Waals surface area contributed by atoms with E-state index in [1.807, 2.05) is 0 Å². The van der Waals surface area contributed by atoms with Crippen LogP contribution in [0.1, 0.15) is 11.1 Å². The molecule has 11 rings (SSSR count). The van der Waals surface area contributed by atoms with Gasteiger partial charge in [-0.05, 0) is 109 Å². The molecule has 0 unspecified atom stereocenters. The fourth-order valence-corrected chi connectivity index (χ4v) is 8.63. The molecule has 0 amide bonds. The first-order valence-electron chi connectivity index (χ1n) is 17.7. The van der Waals surface area contributed by atoms with Crippen LogP contribution in [0.4, 0.5) is 0 Å². The minimum absolute atomic E-state index is 0.831. The second kappa shape index (κ2) is 10.9. The molecule has 0 radical (unpaired) electrons. The topological polar surface area (TPSA) is 17.0 Å². The van der Waals surface area contributed by atoms with E-state index in [-0.39, 0.29) is 0 Å². The van der Waals surface area contributed by atoms with E-state index >= 15 is 0 Å². The molecule has 8 aromatic carbocycles. The van der Waals surface area contributed by atoms with Crippen LogP contribution >= 0.6 is 0 Å². The van der Waals surface area contributed by atoms with Gasteiger partial charge in [0.2, 0.25) is 0 Å². The fourth-order valence-electron chi connectivity index (χ4n) is 8.63. The van der Waals surface area contributed by atoms with Crippen molar-refractivity contribution in [3.8, 4) is 61.3 Å². The Morgan fingerprint density at radius 1 is 0.431 bits per heavy atom. The summed E-state index contributed by atoms with van der Waals surface area (Å²) in [7, 11) is 0. The molecule has 0 bridgehead atoms. The quantitative estimate of drug-likeness (QED) is 0.201. The van der Waals surface area contributed by atoms with Crippen molar-refractivity contribution in [3.63, 3.8) is 0 Å². The van der Waals surface area contributed by atoms with Gasteiger partial charge in [0.15, 0.2) is 0 Å². The van der Waals surface area contributed by atoms with Crippen molar-refractivity contribution in [3.05, 3.63) is 181 Å². The van der Waals surface area contributed by atoms with Gasteiger partial charge in [0, 0.05) is 28.6 Å². The number of nitrogens with one attached hydrogen (secondary N) is 1. The van der Waals surface area contributed by atoms with Crippen LogP contribution in [0.15, 0.2) is 170 Å². The molecule has 0 saturated heterocycles. The molecule has 2 nitrogen and oxygen atoms in total. The minimum atomic E-state index is 0.831. The van der Waals surface area contributed by atoms with Gasteiger partial charge < -0.3 is 9.88 Å². The Morgan fingerprint density at radius 2 is 1.10 bits per heavy atom. The number of nitrogens with zero attached hydrogens (tertiary/aromatic N) is 1. The average molecular weight is 649 g/mol. The first-order valence-corrected chi connectivity index (χ1v) is 17.7. The van der Waals surface area contributed by atoms with E-state index in [0.29, 0.717) is 0 Å². The lowest BCUT2D eigenvalue weighted by Gasteiger charge is -2.16. The van der Waals surface area contributed by atoms with E-state index in [1.54, 1.807) is 0 Å². The number of aromatic nitrogens is 1. The number of hydrogen-bond donors (Lipinski definition) is 1. The highest BCUT2D eigenvalue weighted by Crippen LogP contribution is 2.49. The van der Waals surface area contributed by atoms with E-state index in [9.17, 15) is 0 Å². The molecule has 1 N–H and O–H groups in total. The third-order valence-electron chi connectivity index (χ3n) is 11.0. The molecular formula is C49H32N2. The SMILES string of the molecule is C1=Cc2c(ccc3c4cc(-c5ccc(-c6ccc7c8c(cccc68)-c6ccccc6-7)cc5)ccc4n(-c4cccc(-c5ccccc5)c4)c23)CN1. The third-order valence-corrected chi connectivity index (χ3v) is 11.0. The zero-order valence-electron chi connectivity index (χ0n) is 27.9.